The lowest BCUT2D eigenvalue weighted by Crippen LogP contribution is -2.05. The van der Waals surface area contributed by atoms with Crippen molar-refractivity contribution in [1.29, 1.82) is 0 Å². The summed E-state index contributed by atoms with van der Waals surface area (Å²) in [5.41, 5.74) is 4.46. The van der Waals surface area contributed by atoms with E-state index in [4.69, 9.17) is 4.74 Å². The molecule has 108 valence electrons. The number of H-pyrrole nitrogens is 1. The molecule has 0 bridgehead atoms. The SMILES string of the molecule is CCOCc1ccccc1CNc1nc2ccccc2[nH]1. The standard InChI is InChI=1S/C17H19N3O/c1-2-21-12-14-8-4-3-7-13(14)11-18-17-19-15-9-5-6-10-16(15)20-17/h3-10H,2,11-12H2,1H3,(H2,18,19,20). The van der Waals surface area contributed by atoms with Gasteiger partial charge in [0.1, 0.15) is 0 Å². The zero-order valence-corrected chi connectivity index (χ0v) is 12.1. The second-order valence-corrected chi connectivity index (χ2v) is 4.86. The van der Waals surface area contributed by atoms with Crippen molar-refractivity contribution < 1.29 is 4.74 Å². The van der Waals surface area contributed by atoms with Gasteiger partial charge in [-0.05, 0) is 30.2 Å². The Morgan fingerprint density at radius 3 is 2.62 bits per heavy atom. The van der Waals surface area contributed by atoms with Crippen LogP contribution in [0.4, 0.5) is 5.95 Å². The van der Waals surface area contributed by atoms with Gasteiger partial charge in [-0.15, -0.1) is 0 Å². The fourth-order valence-corrected chi connectivity index (χ4v) is 2.30. The van der Waals surface area contributed by atoms with Gasteiger partial charge < -0.3 is 15.0 Å². The quantitative estimate of drug-likeness (QED) is 0.724. The minimum absolute atomic E-state index is 0.647. The molecule has 0 saturated carbocycles. The number of ether oxygens (including phenoxy) is 1. The molecule has 3 rings (SSSR count). The highest BCUT2D eigenvalue weighted by Gasteiger charge is 2.04. The Balaban J connectivity index is 1.72. The predicted molar refractivity (Wildman–Crippen MR) is 85.2 cm³/mol. The third-order valence-electron chi connectivity index (χ3n) is 3.42. The summed E-state index contributed by atoms with van der Waals surface area (Å²) in [4.78, 5) is 7.80. The summed E-state index contributed by atoms with van der Waals surface area (Å²) in [5.74, 6) is 0.794. The molecule has 4 heteroatoms. The van der Waals surface area contributed by atoms with E-state index in [1.54, 1.807) is 0 Å². The number of nitrogens with one attached hydrogen (secondary N) is 2. The molecule has 2 N–H and O–H groups in total. The van der Waals surface area contributed by atoms with Crippen LogP contribution in [0, 0.1) is 0 Å². The van der Waals surface area contributed by atoms with Gasteiger partial charge in [0.2, 0.25) is 5.95 Å². The number of aromatic amines is 1. The highest BCUT2D eigenvalue weighted by Crippen LogP contribution is 2.16. The third-order valence-corrected chi connectivity index (χ3v) is 3.42. The van der Waals surface area contributed by atoms with Crippen molar-refractivity contribution in [2.24, 2.45) is 0 Å². The van der Waals surface area contributed by atoms with Crippen molar-refractivity contribution in [2.75, 3.05) is 11.9 Å². The van der Waals surface area contributed by atoms with Crippen molar-refractivity contribution in [3.63, 3.8) is 0 Å². The summed E-state index contributed by atoms with van der Waals surface area (Å²) >= 11 is 0. The molecule has 0 saturated heterocycles. The molecule has 0 unspecified atom stereocenters. The Labute approximate surface area is 124 Å². The average Bonchev–Trinajstić information content (AvgIpc) is 2.94. The first-order valence-electron chi connectivity index (χ1n) is 7.20. The van der Waals surface area contributed by atoms with Gasteiger partial charge >= 0.3 is 0 Å². The van der Waals surface area contributed by atoms with Crippen LogP contribution in [0.2, 0.25) is 0 Å². The van der Waals surface area contributed by atoms with Crippen molar-refractivity contribution in [3.05, 3.63) is 59.7 Å². The van der Waals surface area contributed by atoms with Crippen molar-refractivity contribution in [3.8, 4) is 0 Å². The fourth-order valence-electron chi connectivity index (χ4n) is 2.30. The van der Waals surface area contributed by atoms with E-state index >= 15 is 0 Å². The summed E-state index contributed by atoms with van der Waals surface area (Å²) in [7, 11) is 0. The van der Waals surface area contributed by atoms with E-state index in [2.05, 4.69) is 27.4 Å². The number of rotatable bonds is 6. The van der Waals surface area contributed by atoms with Crippen LogP contribution in [-0.2, 0) is 17.9 Å². The van der Waals surface area contributed by atoms with Crippen LogP contribution in [0.1, 0.15) is 18.1 Å². The van der Waals surface area contributed by atoms with E-state index in [-0.39, 0.29) is 0 Å². The Hall–Kier alpha value is -2.33. The average molecular weight is 281 g/mol. The number of aromatic nitrogens is 2. The molecule has 1 aromatic heterocycles. The highest BCUT2D eigenvalue weighted by atomic mass is 16.5. The first-order valence-corrected chi connectivity index (χ1v) is 7.20. The Kier molecular flexibility index (Phi) is 4.17. The minimum Gasteiger partial charge on any atom is -0.377 e. The molecule has 21 heavy (non-hydrogen) atoms. The molecule has 0 radical (unpaired) electrons. The largest absolute Gasteiger partial charge is 0.377 e. The molecule has 0 aliphatic carbocycles. The maximum absolute atomic E-state index is 5.51. The first kappa shape index (κ1) is 13.6. The zero-order valence-electron chi connectivity index (χ0n) is 12.1. The topological polar surface area (TPSA) is 49.9 Å². The molecule has 2 aromatic carbocycles. The maximum Gasteiger partial charge on any atom is 0.201 e. The van der Waals surface area contributed by atoms with E-state index < -0.39 is 0 Å². The first-order chi connectivity index (χ1) is 10.4. The Bertz CT molecular complexity index is 688. The van der Waals surface area contributed by atoms with Crippen LogP contribution in [0.3, 0.4) is 0 Å². The number of imidazole rings is 1. The molecule has 0 aliphatic heterocycles. The number of hydrogen-bond donors (Lipinski definition) is 2. The molecule has 1 heterocycles. The van der Waals surface area contributed by atoms with E-state index in [9.17, 15) is 0 Å². The van der Waals surface area contributed by atoms with Gasteiger partial charge in [0, 0.05) is 13.2 Å². The van der Waals surface area contributed by atoms with Crippen molar-refractivity contribution in [2.45, 2.75) is 20.1 Å². The van der Waals surface area contributed by atoms with Crippen LogP contribution in [0.25, 0.3) is 11.0 Å². The number of hydrogen-bond acceptors (Lipinski definition) is 3. The van der Waals surface area contributed by atoms with E-state index in [1.165, 1.54) is 11.1 Å². The summed E-state index contributed by atoms with van der Waals surface area (Å²) in [6.07, 6.45) is 0. The molecule has 3 aromatic rings. The van der Waals surface area contributed by atoms with E-state index in [1.807, 2.05) is 43.3 Å². The molecule has 0 amide bonds. The van der Waals surface area contributed by atoms with Gasteiger partial charge in [-0.25, -0.2) is 4.98 Å². The molecule has 4 nitrogen and oxygen atoms in total. The Morgan fingerprint density at radius 2 is 1.81 bits per heavy atom. The van der Waals surface area contributed by atoms with Crippen LogP contribution in [0.5, 0.6) is 0 Å². The number of anilines is 1. The minimum atomic E-state index is 0.647. The highest BCUT2D eigenvalue weighted by molar-refractivity contribution is 5.77. The Morgan fingerprint density at radius 1 is 1.05 bits per heavy atom. The fraction of sp³-hybridized carbons (Fsp3) is 0.235. The molecule has 0 fully saturated rings. The lowest BCUT2D eigenvalue weighted by molar-refractivity contribution is 0.133. The van der Waals surface area contributed by atoms with Gasteiger partial charge in [-0.3, -0.25) is 0 Å². The monoisotopic (exact) mass is 281 g/mol. The summed E-state index contributed by atoms with van der Waals surface area (Å²) in [5, 5.41) is 3.34. The lowest BCUT2D eigenvalue weighted by Gasteiger charge is -2.10. The van der Waals surface area contributed by atoms with E-state index in [0.717, 1.165) is 30.1 Å². The maximum atomic E-state index is 5.51. The van der Waals surface area contributed by atoms with Gasteiger partial charge in [-0.1, -0.05) is 36.4 Å². The van der Waals surface area contributed by atoms with Gasteiger partial charge in [0.25, 0.3) is 0 Å². The molecule has 0 spiro atoms. The number of para-hydroxylation sites is 2. The summed E-state index contributed by atoms with van der Waals surface area (Å²) < 4.78 is 5.51. The van der Waals surface area contributed by atoms with Crippen molar-refractivity contribution >= 4 is 17.0 Å². The second-order valence-electron chi connectivity index (χ2n) is 4.86. The van der Waals surface area contributed by atoms with Crippen LogP contribution in [-0.4, -0.2) is 16.6 Å². The van der Waals surface area contributed by atoms with Gasteiger partial charge in [0.05, 0.1) is 17.6 Å². The summed E-state index contributed by atoms with van der Waals surface area (Å²) in [6, 6.07) is 16.3. The third kappa shape index (κ3) is 3.23. The number of nitrogens with zero attached hydrogens (tertiary/aromatic N) is 1. The zero-order chi connectivity index (χ0) is 14.5. The molecule has 0 atom stereocenters. The van der Waals surface area contributed by atoms with Crippen LogP contribution >= 0.6 is 0 Å². The van der Waals surface area contributed by atoms with Crippen molar-refractivity contribution in [1.82, 2.24) is 9.97 Å². The smallest absolute Gasteiger partial charge is 0.201 e. The molecular weight excluding hydrogens is 262 g/mol. The number of benzene rings is 2. The van der Waals surface area contributed by atoms with E-state index in [0.29, 0.717) is 6.61 Å². The summed E-state index contributed by atoms with van der Waals surface area (Å²) in [6.45, 7) is 4.11. The number of fused-ring (bicyclic) bond motifs is 1. The van der Waals surface area contributed by atoms with Crippen LogP contribution in [0.15, 0.2) is 48.5 Å². The van der Waals surface area contributed by atoms with Crippen LogP contribution < -0.4 is 5.32 Å². The van der Waals surface area contributed by atoms with Gasteiger partial charge in [0.15, 0.2) is 0 Å². The normalized spacial score (nSPS) is 10.9. The van der Waals surface area contributed by atoms with Gasteiger partial charge in [-0.2, -0.15) is 0 Å². The molecule has 0 aliphatic rings. The molecular formula is C17H19N3O. The lowest BCUT2D eigenvalue weighted by atomic mass is 10.1. The second kappa shape index (κ2) is 6.41. The predicted octanol–water partition coefficient (Wildman–Crippen LogP) is 3.71.